The highest BCUT2D eigenvalue weighted by Crippen LogP contribution is 2.22. The van der Waals surface area contributed by atoms with E-state index >= 15 is 0 Å². The topological polar surface area (TPSA) is 80.8 Å². The zero-order valence-corrected chi connectivity index (χ0v) is 17.3. The molecule has 0 bridgehead atoms. The van der Waals surface area contributed by atoms with Gasteiger partial charge in [-0.05, 0) is 24.6 Å². The fraction of sp³-hybridized carbons (Fsp3) is 0.261. The molecule has 1 saturated heterocycles. The van der Waals surface area contributed by atoms with Gasteiger partial charge < -0.3 is 9.64 Å². The lowest BCUT2D eigenvalue weighted by Gasteiger charge is -2.28. The molecule has 1 aliphatic rings. The molecule has 0 N–H and O–H groups in total. The van der Waals surface area contributed by atoms with E-state index in [1.807, 2.05) is 35.0 Å². The number of hydrogen-bond donors (Lipinski definition) is 0. The molecule has 4 aromatic rings. The Balaban J connectivity index is 1.50. The van der Waals surface area contributed by atoms with Gasteiger partial charge in [0.25, 0.3) is 5.78 Å². The lowest BCUT2D eigenvalue weighted by atomic mass is 10.1. The average Bonchev–Trinajstić information content (AvgIpc) is 3.24. The summed E-state index contributed by atoms with van der Waals surface area (Å²) in [7, 11) is 0. The summed E-state index contributed by atoms with van der Waals surface area (Å²) < 4.78 is 7.34. The van der Waals surface area contributed by atoms with Crippen LogP contribution < -0.4 is 4.90 Å². The van der Waals surface area contributed by atoms with Gasteiger partial charge in [0.15, 0.2) is 5.82 Å². The molecule has 0 atom stereocenters. The SMILES string of the molecule is Cc1cccc(C=NCc2cc(N3CCOCC3)n3nc(-c4ccncc4)nc3n2)c1. The fourth-order valence-corrected chi connectivity index (χ4v) is 3.62. The van der Waals surface area contributed by atoms with E-state index in [4.69, 9.17) is 14.8 Å². The minimum absolute atomic E-state index is 0.471. The number of hydrogen-bond acceptors (Lipinski definition) is 7. The van der Waals surface area contributed by atoms with Gasteiger partial charge in [-0.1, -0.05) is 29.8 Å². The molecule has 0 amide bonds. The molecule has 8 nitrogen and oxygen atoms in total. The maximum Gasteiger partial charge on any atom is 0.254 e. The Bertz CT molecular complexity index is 1210. The first-order valence-electron chi connectivity index (χ1n) is 10.3. The molecule has 1 fully saturated rings. The number of aromatic nitrogens is 5. The van der Waals surface area contributed by atoms with E-state index in [1.165, 1.54) is 5.56 Å². The van der Waals surface area contributed by atoms with Crippen molar-refractivity contribution < 1.29 is 4.74 Å². The van der Waals surface area contributed by atoms with Crippen LogP contribution in [0, 0.1) is 6.92 Å². The van der Waals surface area contributed by atoms with Gasteiger partial charge in [-0.2, -0.15) is 9.50 Å². The Hall–Kier alpha value is -3.65. The molecule has 1 aliphatic heterocycles. The van der Waals surface area contributed by atoms with Crippen molar-refractivity contribution in [2.45, 2.75) is 13.5 Å². The molecule has 0 unspecified atom stereocenters. The van der Waals surface area contributed by atoms with Gasteiger partial charge in [-0.25, -0.2) is 4.98 Å². The van der Waals surface area contributed by atoms with E-state index in [9.17, 15) is 0 Å². The summed E-state index contributed by atoms with van der Waals surface area (Å²) in [6, 6.07) is 14.1. The maximum absolute atomic E-state index is 5.53. The van der Waals surface area contributed by atoms with Crippen LogP contribution in [0.15, 0.2) is 59.9 Å². The molecule has 0 spiro atoms. The minimum Gasteiger partial charge on any atom is -0.378 e. The molecular formula is C23H23N7O. The van der Waals surface area contributed by atoms with Crippen LogP contribution in [-0.2, 0) is 11.3 Å². The second kappa shape index (κ2) is 8.61. The average molecular weight is 413 g/mol. The molecule has 8 heteroatoms. The highest BCUT2D eigenvalue weighted by molar-refractivity contribution is 5.79. The number of nitrogens with zero attached hydrogens (tertiary/aromatic N) is 7. The van der Waals surface area contributed by atoms with Gasteiger partial charge in [0.2, 0.25) is 0 Å². The van der Waals surface area contributed by atoms with E-state index in [1.54, 1.807) is 12.4 Å². The van der Waals surface area contributed by atoms with Crippen LogP contribution in [0.3, 0.4) is 0 Å². The Morgan fingerprint density at radius 1 is 1.06 bits per heavy atom. The largest absolute Gasteiger partial charge is 0.378 e. The normalized spacial score (nSPS) is 14.5. The molecule has 3 aromatic heterocycles. The lowest BCUT2D eigenvalue weighted by molar-refractivity contribution is 0.122. The molecule has 31 heavy (non-hydrogen) atoms. The molecule has 4 heterocycles. The second-order valence-corrected chi connectivity index (χ2v) is 7.47. The maximum atomic E-state index is 5.53. The van der Waals surface area contributed by atoms with Crippen molar-refractivity contribution in [2.24, 2.45) is 4.99 Å². The van der Waals surface area contributed by atoms with E-state index in [2.05, 4.69) is 45.0 Å². The van der Waals surface area contributed by atoms with Crippen molar-refractivity contribution >= 4 is 17.8 Å². The van der Waals surface area contributed by atoms with Gasteiger partial charge >= 0.3 is 0 Å². The third-order valence-corrected chi connectivity index (χ3v) is 5.16. The smallest absolute Gasteiger partial charge is 0.254 e. The zero-order chi connectivity index (χ0) is 21.0. The third-order valence-electron chi connectivity index (χ3n) is 5.16. The number of aliphatic imine (C=N–C) groups is 1. The van der Waals surface area contributed by atoms with Crippen LogP contribution in [0.5, 0.6) is 0 Å². The summed E-state index contributed by atoms with van der Waals surface area (Å²) in [6.45, 7) is 5.53. The molecule has 0 radical (unpaired) electrons. The van der Waals surface area contributed by atoms with E-state index in [0.717, 1.165) is 35.7 Å². The Morgan fingerprint density at radius 3 is 2.71 bits per heavy atom. The van der Waals surface area contributed by atoms with Crippen molar-refractivity contribution in [1.29, 1.82) is 0 Å². The van der Waals surface area contributed by atoms with Crippen molar-refractivity contribution in [3.8, 4) is 11.4 Å². The number of anilines is 1. The fourth-order valence-electron chi connectivity index (χ4n) is 3.62. The standard InChI is InChI=1S/C23H23N7O/c1-17-3-2-4-18(13-17)15-25-16-20-14-21(29-9-11-31-12-10-29)30-23(26-20)27-22(28-30)19-5-7-24-8-6-19/h2-8,13-15H,9-12,16H2,1H3. The molecule has 156 valence electrons. The number of ether oxygens (including phenoxy) is 1. The highest BCUT2D eigenvalue weighted by atomic mass is 16.5. The lowest BCUT2D eigenvalue weighted by Crippen LogP contribution is -2.37. The first-order chi connectivity index (χ1) is 15.3. The summed E-state index contributed by atoms with van der Waals surface area (Å²) in [4.78, 5) is 20.4. The van der Waals surface area contributed by atoms with E-state index in [0.29, 0.717) is 31.4 Å². The Labute approximate surface area is 180 Å². The summed E-state index contributed by atoms with van der Waals surface area (Å²) >= 11 is 0. The van der Waals surface area contributed by atoms with Gasteiger partial charge in [-0.15, -0.1) is 5.10 Å². The van der Waals surface area contributed by atoms with Crippen LogP contribution in [0.25, 0.3) is 17.2 Å². The van der Waals surface area contributed by atoms with Gasteiger partial charge in [-0.3, -0.25) is 9.98 Å². The Kier molecular flexibility index (Phi) is 5.37. The minimum atomic E-state index is 0.471. The van der Waals surface area contributed by atoms with Crippen molar-refractivity contribution in [2.75, 3.05) is 31.2 Å². The van der Waals surface area contributed by atoms with E-state index in [-0.39, 0.29) is 0 Å². The van der Waals surface area contributed by atoms with Crippen molar-refractivity contribution in [3.63, 3.8) is 0 Å². The molecule has 0 saturated carbocycles. The van der Waals surface area contributed by atoms with Crippen LogP contribution in [0.1, 0.15) is 16.8 Å². The Morgan fingerprint density at radius 2 is 1.90 bits per heavy atom. The molecule has 5 rings (SSSR count). The quantitative estimate of drug-likeness (QED) is 0.468. The van der Waals surface area contributed by atoms with Crippen LogP contribution in [0.4, 0.5) is 5.82 Å². The molecule has 0 aliphatic carbocycles. The molecular weight excluding hydrogens is 390 g/mol. The second-order valence-electron chi connectivity index (χ2n) is 7.47. The summed E-state index contributed by atoms with van der Waals surface area (Å²) in [5.74, 6) is 2.16. The first kappa shape index (κ1) is 19.3. The van der Waals surface area contributed by atoms with Crippen molar-refractivity contribution in [3.05, 3.63) is 71.7 Å². The number of aryl methyl sites for hydroxylation is 1. The van der Waals surface area contributed by atoms with Crippen LogP contribution >= 0.6 is 0 Å². The predicted molar refractivity (Wildman–Crippen MR) is 120 cm³/mol. The summed E-state index contributed by atoms with van der Waals surface area (Å²) in [6.07, 6.45) is 5.37. The molecule has 1 aromatic carbocycles. The predicted octanol–water partition coefficient (Wildman–Crippen LogP) is 2.95. The van der Waals surface area contributed by atoms with Gasteiger partial charge in [0.05, 0.1) is 25.5 Å². The highest BCUT2D eigenvalue weighted by Gasteiger charge is 2.19. The van der Waals surface area contributed by atoms with Crippen LogP contribution in [0.2, 0.25) is 0 Å². The summed E-state index contributed by atoms with van der Waals surface area (Å²) in [5.41, 5.74) is 4.06. The monoisotopic (exact) mass is 413 g/mol. The number of pyridine rings is 1. The van der Waals surface area contributed by atoms with Gasteiger partial charge in [0, 0.05) is 43.3 Å². The van der Waals surface area contributed by atoms with Crippen molar-refractivity contribution in [1.82, 2.24) is 24.6 Å². The number of benzene rings is 1. The number of morpholine rings is 1. The van der Waals surface area contributed by atoms with Gasteiger partial charge in [0.1, 0.15) is 5.82 Å². The van der Waals surface area contributed by atoms with E-state index < -0.39 is 0 Å². The zero-order valence-electron chi connectivity index (χ0n) is 17.3. The summed E-state index contributed by atoms with van der Waals surface area (Å²) in [5, 5.41) is 4.73. The first-order valence-corrected chi connectivity index (χ1v) is 10.3. The van der Waals surface area contributed by atoms with Crippen LogP contribution in [-0.4, -0.2) is 57.1 Å². The number of rotatable bonds is 5. The number of fused-ring (bicyclic) bond motifs is 1. The third kappa shape index (κ3) is 4.29.